The number of carbonyl (C=O) groups is 2. The Balaban J connectivity index is 1.21. The van der Waals surface area contributed by atoms with Crippen molar-refractivity contribution in [3.8, 4) is 11.5 Å². The van der Waals surface area contributed by atoms with E-state index in [1.165, 1.54) is 10.5 Å². The highest BCUT2D eigenvalue weighted by Gasteiger charge is 2.32. The van der Waals surface area contributed by atoms with Crippen LogP contribution in [0.2, 0.25) is 0 Å². The molecule has 7 nitrogen and oxygen atoms in total. The molecule has 2 amide bonds. The monoisotopic (exact) mass is 422 g/mol. The number of likely N-dealkylation sites (tertiary alicyclic amines) is 1. The minimum absolute atomic E-state index is 0.00411. The lowest BCUT2D eigenvalue weighted by atomic mass is 10.0. The van der Waals surface area contributed by atoms with E-state index in [-0.39, 0.29) is 17.9 Å². The van der Waals surface area contributed by atoms with Gasteiger partial charge in [-0.1, -0.05) is 0 Å². The van der Waals surface area contributed by atoms with Crippen LogP contribution in [0.4, 0.5) is 11.4 Å². The standard InChI is InChI=1S/C24H27N3O4/c28-23(25-18-6-8-19(9-7-18)27-12-2-4-24(27)29)16-26-11-1-3-20(26)17-5-10-21-22(15-17)31-14-13-30-21/h5-10,15,20H,1-4,11-14,16H2,(H,25,28)/p+1/t20-/m1/s1. The van der Waals surface area contributed by atoms with Gasteiger partial charge in [0.1, 0.15) is 19.3 Å². The highest BCUT2D eigenvalue weighted by molar-refractivity contribution is 5.96. The van der Waals surface area contributed by atoms with E-state index in [0.29, 0.717) is 26.2 Å². The summed E-state index contributed by atoms with van der Waals surface area (Å²) >= 11 is 0. The molecule has 2 saturated heterocycles. The van der Waals surface area contributed by atoms with Gasteiger partial charge in [-0.3, -0.25) is 9.59 Å². The van der Waals surface area contributed by atoms with Gasteiger partial charge in [0, 0.05) is 42.7 Å². The maximum atomic E-state index is 12.7. The first-order chi connectivity index (χ1) is 15.2. The van der Waals surface area contributed by atoms with Gasteiger partial charge in [-0.2, -0.15) is 0 Å². The Morgan fingerprint density at radius 3 is 2.65 bits per heavy atom. The third-order valence-electron chi connectivity index (χ3n) is 6.38. The highest BCUT2D eigenvalue weighted by atomic mass is 16.6. The van der Waals surface area contributed by atoms with Crippen molar-refractivity contribution < 1.29 is 24.0 Å². The van der Waals surface area contributed by atoms with Gasteiger partial charge in [-0.15, -0.1) is 0 Å². The van der Waals surface area contributed by atoms with Crippen LogP contribution in [-0.4, -0.2) is 44.7 Å². The molecule has 0 spiro atoms. The molecule has 0 aromatic heterocycles. The molecular weight excluding hydrogens is 394 g/mol. The zero-order valence-corrected chi connectivity index (χ0v) is 17.6. The number of hydrogen-bond acceptors (Lipinski definition) is 4. The first kappa shape index (κ1) is 19.9. The summed E-state index contributed by atoms with van der Waals surface area (Å²) in [5, 5.41) is 3.01. The molecule has 2 aromatic rings. The molecule has 0 saturated carbocycles. The molecule has 0 radical (unpaired) electrons. The van der Waals surface area contributed by atoms with Crippen LogP contribution in [0.15, 0.2) is 42.5 Å². The van der Waals surface area contributed by atoms with E-state index in [9.17, 15) is 9.59 Å². The Morgan fingerprint density at radius 1 is 1.06 bits per heavy atom. The maximum absolute atomic E-state index is 12.7. The van der Waals surface area contributed by atoms with Gasteiger partial charge in [-0.05, 0) is 48.9 Å². The summed E-state index contributed by atoms with van der Waals surface area (Å²) in [5.41, 5.74) is 2.85. The van der Waals surface area contributed by atoms with E-state index < -0.39 is 0 Å². The first-order valence-corrected chi connectivity index (χ1v) is 11.1. The molecule has 3 heterocycles. The van der Waals surface area contributed by atoms with Crippen molar-refractivity contribution in [3.63, 3.8) is 0 Å². The molecule has 162 valence electrons. The van der Waals surface area contributed by atoms with Crippen molar-refractivity contribution in [2.75, 3.05) is 43.1 Å². The molecule has 5 rings (SSSR count). The van der Waals surface area contributed by atoms with Gasteiger partial charge in [-0.25, -0.2) is 0 Å². The highest BCUT2D eigenvalue weighted by Crippen LogP contribution is 2.33. The fourth-order valence-corrected chi connectivity index (χ4v) is 4.86. The van der Waals surface area contributed by atoms with Gasteiger partial charge < -0.3 is 24.6 Å². The van der Waals surface area contributed by atoms with Gasteiger partial charge >= 0.3 is 0 Å². The van der Waals surface area contributed by atoms with E-state index in [1.54, 1.807) is 4.90 Å². The summed E-state index contributed by atoms with van der Waals surface area (Å²) in [5.74, 6) is 1.77. The van der Waals surface area contributed by atoms with E-state index in [0.717, 1.165) is 55.2 Å². The van der Waals surface area contributed by atoms with Crippen molar-refractivity contribution in [2.24, 2.45) is 0 Å². The van der Waals surface area contributed by atoms with Crippen LogP contribution in [0.5, 0.6) is 11.5 Å². The van der Waals surface area contributed by atoms with E-state index in [4.69, 9.17) is 9.47 Å². The summed E-state index contributed by atoms with van der Waals surface area (Å²) in [6.45, 7) is 3.32. The van der Waals surface area contributed by atoms with Gasteiger partial charge in [0.15, 0.2) is 18.0 Å². The second-order valence-electron chi connectivity index (χ2n) is 8.43. The largest absolute Gasteiger partial charge is 0.486 e. The number of benzene rings is 2. The Hall–Kier alpha value is -3.06. The van der Waals surface area contributed by atoms with Crippen LogP contribution in [0.3, 0.4) is 0 Å². The number of nitrogens with zero attached hydrogens (tertiary/aromatic N) is 1. The third-order valence-corrected chi connectivity index (χ3v) is 6.38. The fourth-order valence-electron chi connectivity index (χ4n) is 4.86. The van der Waals surface area contributed by atoms with E-state index in [2.05, 4.69) is 17.4 Å². The number of quaternary nitrogens is 1. The normalized spacial score (nSPS) is 22.6. The predicted molar refractivity (Wildman–Crippen MR) is 117 cm³/mol. The average Bonchev–Trinajstić information content (AvgIpc) is 3.43. The molecule has 2 N–H and O–H groups in total. The van der Waals surface area contributed by atoms with Gasteiger partial charge in [0.2, 0.25) is 5.91 Å². The second-order valence-corrected chi connectivity index (χ2v) is 8.43. The van der Waals surface area contributed by atoms with Crippen LogP contribution in [0, 0.1) is 0 Å². The van der Waals surface area contributed by atoms with Crippen LogP contribution >= 0.6 is 0 Å². The average molecular weight is 423 g/mol. The van der Waals surface area contributed by atoms with Crippen LogP contribution in [-0.2, 0) is 9.59 Å². The van der Waals surface area contributed by atoms with Crippen LogP contribution in [0.25, 0.3) is 0 Å². The Kier molecular flexibility index (Phi) is 5.51. The summed E-state index contributed by atoms with van der Waals surface area (Å²) < 4.78 is 11.4. The van der Waals surface area contributed by atoms with E-state index in [1.807, 2.05) is 30.3 Å². The molecule has 3 aliphatic rings. The topological polar surface area (TPSA) is 72.3 Å². The second kappa shape index (κ2) is 8.59. The van der Waals surface area contributed by atoms with Crippen LogP contribution < -0.4 is 24.6 Å². The van der Waals surface area contributed by atoms with Crippen molar-refractivity contribution in [1.82, 2.24) is 0 Å². The van der Waals surface area contributed by atoms with E-state index >= 15 is 0 Å². The number of fused-ring (bicyclic) bond motifs is 1. The minimum Gasteiger partial charge on any atom is -0.486 e. The molecule has 2 atom stereocenters. The first-order valence-electron chi connectivity index (χ1n) is 11.1. The zero-order valence-electron chi connectivity index (χ0n) is 17.6. The van der Waals surface area contributed by atoms with Gasteiger partial charge in [0.05, 0.1) is 6.54 Å². The molecule has 0 aliphatic carbocycles. The van der Waals surface area contributed by atoms with Crippen molar-refractivity contribution in [1.29, 1.82) is 0 Å². The Morgan fingerprint density at radius 2 is 1.87 bits per heavy atom. The predicted octanol–water partition coefficient (Wildman–Crippen LogP) is 1.94. The molecule has 0 bridgehead atoms. The van der Waals surface area contributed by atoms with Crippen molar-refractivity contribution in [3.05, 3.63) is 48.0 Å². The SMILES string of the molecule is O=C(C[NH+]1CCC[C@@H]1c1ccc2c(c1)OCCO2)Nc1ccc(N2CCCC2=O)cc1. The Bertz CT molecular complexity index is 975. The summed E-state index contributed by atoms with van der Waals surface area (Å²) in [6, 6.07) is 14.0. The summed E-state index contributed by atoms with van der Waals surface area (Å²) in [7, 11) is 0. The molecule has 7 heteroatoms. The van der Waals surface area contributed by atoms with Crippen molar-refractivity contribution in [2.45, 2.75) is 31.7 Å². The minimum atomic E-state index is 0.00411. The maximum Gasteiger partial charge on any atom is 0.279 e. The summed E-state index contributed by atoms with van der Waals surface area (Å²) in [6.07, 6.45) is 3.67. The number of amides is 2. The zero-order chi connectivity index (χ0) is 21.2. The van der Waals surface area contributed by atoms with Crippen LogP contribution in [0.1, 0.15) is 37.3 Å². The number of anilines is 2. The molecule has 1 unspecified atom stereocenters. The molecule has 3 aliphatic heterocycles. The lowest BCUT2D eigenvalue weighted by Crippen LogP contribution is -3.11. The molecule has 31 heavy (non-hydrogen) atoms. The number of carbonyl (C=O) groups excluding carboxylic acids is 2. The Labute approximate surface area is 181 Å². The summed E-state index contributed by atoms with van der Waals surface area (Å²) in [4.78, 5) is 27.7. The number of ether oxygens (including phenoxy) is 2. The number of rotatable bonds is 5. The van der Waals surface area contributed by atoms with Crippen molar-refractivity contribution >= 4 is 23.2 Å². The molecular formula is C24H28N3O4+. The molecule has 2 fully saturated rings. The lowest BCUT2D eigenvalue weighted by molar-refractivity contribution is -0.910. The smallest absolute Gasteiger partial charge is 0.279 e. The quantitative estimate of drug-likeness (QED) is 0.773. The lowest BCUT2D eigenvalue weighted by Gasteiger charge is -2.24. The molecule has 2 aromatic carbocycles. The van der Waals surface area contributed by atoms with Gasteiger partial charge in [0.25, 0.3) is 5.91 Å². The number of hydrogen-bond donors (Lipinski definition) is 2. The number of nitrogens with one attached hydrogen (secondary N) is 2. The third kappa shape index (κ3) is 4.23. The fraction of sp³-hybridized carbons (Fsp3) is 0.417.